The van der Waals surface area contributed by atoms with Gasteiger partial charge in [-0.1, -0.05) is 20.8 Å². The van der Waals surface area contributed by atoms with Gasteiger partial charge in [0.05, 0.1) is 14.2 Å². The number of nitrogens with zero attached hydrogens (tertiary/aromatic N) is 1. The van der Waals surface area contributed by atoms with E-state index in [2.05, 4.69) is 25.7 Å². The molecule has 0 N–H and O–H groups in total. The highest BCUT2D eigenvalue weighted by molar-refractivity contribution is 6.00. The number of methoxy groups -OCH3 is 2. The number of fused-ring (bicyclic) bond motifs is 2. The molecule has 0 spiro atoms. The van der Waals surface area contributed by atoms with Crippen LogP contribution in [0.15, 0.2) is 0 Å². The Morgan fingerprint density at radius 2 is 1.54 bits per heavy atom. The molecule has 0 radical (unpaired) electrons. The quantitative estimate of drug-likeness (QED) is 0.585. The van der Waals surface area contributed by atoms with Gasteiger partial charge in [0.2, 0.25) is 0 Å². The molecule has 1 aliphatic heterocycles. The second-order valence-electron chi connectivity index (χ2n) is 8.62. The van der Waals surface area contributed by atoms with Crippen LogP contribution in [-0.4, -0.2) is 50.2 Å². The van der Waals surface area contributed by atoms with Crippen LogP contribution in [0.5, 0.6) is 0 Å². The zero-order chi connectivity index (χ0) is 17.7. The molecule has 24 heavy (non-hydrogen) atoms. The predicted octanol–water partition coefficient (Wildman–Crippen LogP) is 2.49. The van der Waals surface area contributed by atoms with E-state index in [4.69, 9.17) is 9.47 Å². The molecule has 4 atom stereocenters. The van der Waals surface area contributed by atoms with Gasteiger partial charge in [-0.15, -0.1) is 0 Å². The molecule has 5 nitrogen and oxygen atoms in total. The summed E-state index contributed by atoms with van der Waals surface area (Å²) < 4.78 is 9.82. The van der Waals surface area contributed by atoms with E-state index in [9.17, 15) is 9.59 Å². The van der Waals surface area contributed by atoms with Crippen LogP contribution in [0.2, 0.25) is 0 Å². The fourth-order valence-electron chi connectivity index (χ4n) is 5.72. The number of carbonyl (C=O) groups is 2. The van der Waals surface area contributed by atoms with Crippen LogP contribution in [0.25, 0.3) is 0 Å². The van der Waals surface area contributed by atoms with Gasteiger partial charge in [0.1, 0.15) is 0 Å². The SMILES string of the molecule is COC(=O)C1(C(=O)OC)CCN([C@@H]2C[C@H]3C[C@@H]([C@H]2C)C3(C)C)CC1. The number of ether oxygens (including phenoxy) is 2. The monoisotopic (exact) mass is 337 g/mol. The van der Waals surface area contributed by atoms with Gasteiger partial charge < -0.3 is 9.47 Å². The van der Waals surface area contributed by atoms with E-state index in [0.29, 0.717) is 30.2 Å². The van der Waals surface area contributed by atoms with Crippen molar-refractivity contribution in [3.05, 3.63) is 0 Å². The third kappa shape index (κ3) is 2.39. The Hall–Kier alpha value is -1.10. The van der Waals surface area contributed by atoms with Gasteiger partial charge >= 0.3 is 11.9 Å². The fraction of sp³-hybridized carbons (Fsp3) is 0.895. The Bertz CT molecular complexity index is 503. The van der Waals surface area contributed by atoms with E-state index in [0.717, 1.165) is 24.9 Å². The molecular weight excluding hydrogens is 306 g/mol. The number of esters is 2. The standard InChI is InChI=1S/C19H31NO4/c1-12-14-10-13(18(14,2)3)11-15(12)20-8-6-19(7-9-20,16(21)23-4)17(22)24-5/h12-15H,6-11H2,1-5H3/t12-,13-,14+,15-/m1/s1. The van der Waals surface area contributed by atoms with E-state index in [1.165, 1.54) is 27.1 Å². The highest BCUT2D eigenvalue weighted by Crippen LogP contribution is 2.62. The van der Waals surface area contributed by atoms with Crippen LogP contribution in [0, 0.1) is 28.6 Å². The number of rotatable bonds is 3. The lowest BCUT2D eigenvalue weighted by Crippen LogP contribution is -2.62. The second kappa shape index (κ2) is 6.01. The lowest BCUT2D eigenvalue weighted by Gasteiger charge is -2.64. The molecular formula is C19H31NO4. The average Bonchev–Trinajstić information content (AvgIpc) is 2.60. The fourth-order valence-corrected chi connectivity index (χ4v) is 5.72. The van der Waals surface area contributed by atoms with Crippen LogP contribution >= 0.6 is 0 Å². The summed E-state index contributed by atoms with van der Waals surface area (Å²) in [5.41, 5.74) is -0.631. The van der Waals surface area contributed by atoms with Crippen LogP contribution in [-0.2, 0) is 19.1 Å². The third-order valence-corrected chi connectivity index (χ3v) is 7.59. The molecule has 0 aromatic carbocycles. The van der Waals surface area contributed by atoms with Gasteiger partial charge in [-0.3, -0.25) is 14.5 Å². The first kappa shape index (κ1) is 17.7. The summed E-state index contributed by atoms with van der Waals surface area (Å²) >= 11 is 0. The minimum absolute atomic E-state index is 0.449. The minimum Gasteiger partial charge on any atom is -0.468 e. The molecule has 1 saturated heterocycles. The Balaban J connectivity index is 1.69. The smallest absolute Gasteiger partial charge is 0.323 e. The summed E-state index contributed by atoms with van der Waals surface area (Å²) in [6.45, 7) is 8.73. The first-order valence-electron chi connectivity index (χ1n) is 9.19. The zero-order valence-electron chi connectivity index (χ0n) is 15.6. The van der Waals surface area contributed by atoms with E-state index in [1.807, 2.05) is 0 Å². The Morgan fingerprint density at radius 3 is 1.96 bits per heavy atom. The van der Waals surface area contributed by atoms with Crippen LogP contribution < -0.4 is 0 Å². The molecule has 2 bridgehead atoms. The summed E-state index contributed by atoms with van der Waals surface area (Å²) in [6, 6.07) is 0.579. The number of piperidine rings is 1. The molecule has 1 heterocycles. The first-order valence-corrected chi connectivity index (χ1v) is 9.19. The van der Waals surface area contributed by atoms with Gasteiger partial charge in [-0.2, -0.15) is 0 Å². The molecule has 4 rings (SSSR count). The molecule has 0 aromatic rings. The molecule has 136 valence electrons. The summed E-state index contributed by atoms with van der Waals surface area (Å²) in [4.78, 5) is 27.0. The lowest BCUT2D eigenvalue weighted by molar-refractivity contribution is -0.177. The van der Waals surface area contributed by atoms with Crippen molar-refractivity contribution in [1.82, 2.24) is 4.90 Å². The van der Waals surface area contributed by atoms with Gasteiger partial charge in [0.25, 0.3) is 0 Å². The van der Waals surface area contributed by atoms with E-state index in [1.54, 1.807) is 0 Å². The maximum Gasteiger partial charge on any atom is 0.323 e. The highest BCUT2D eigenvalue weighted by Gasteiger charge is 2.58. The van der Waals surface area contributed by atoms with E-state index < -0.39 is 17.4 Å². The Kier molecular flexibility index (Phi) is 4.44. The molecule has 0 amide bonds. The van der Waals surface area contributed by atoms with Crippen molar-refractivity contribution in [2.24, 2.45) is 28.6 Å². The van der Waals surface area contributed by atoms with E-state index >= 15 is 0 Å². The molecule has 4 fully saturated rings. The van der Waals surface area contributed by atoms with Crippen molar-refractivity contribution in [2.75, 3.05) is 27.3 Å². The number of carbonyl (C=O) groups excluding carboxylic acids is 2. The van der Waals surface area contributed by atoms with Gasteiger partial charge in [0, 0.05) is 19.1 Å². The minimum atomic E-state index is -1.11. The van der Waals surface area contributed by atoms with Crippen molar-refractivity contribution < 1.29 is 19.1 Å². The Morgan fingerprint density at radius 1 is 1.00 bits per heavy atom. The lowest BCUT2D eigenvalue weighted by atomic mass is 9.44. The molecule has 0 unspecified atom stereocenters. The van der Waals surface area contributed by atoms with Gasteiger partial charge in [0.15, 0.2) is 5.41 Å². The normalized spacial score (nSPS) is 37.2. The number of hydrogen-bond donors (Lipinski definition) is 0. The number of likely N-dealkylation sites (tertiary alicyclic amines) is 1. The average molecular weight is 337 g/mol. The molecule has 5 heteroatoms. The van der Waals surface area contributed by atoms with Crippen LogP contribution in [0.3, 0.4) is 0 Å². The third-order valence-electron chi connectivity index (χ3n) is 7.59. The van der Waals surface area contributed by atoms with Crippen molar-refractivity contribution in [3.63, 3.8) is 0 Å². The largest absolute Gasteiger partial charge is 0.468 e. The molecule has 3 aliphatic carbocycles. The summed E-state index contributed by atoms with van der Waals surface area (Å²) in [7, 11) is 2.69. The molecule has 0 aromatic heterocycles. The maximum atomic E-state index is 12.2. The maximum absolute atomic E-state index is 12.2. The topological polar surface area (TPSA) is 55.8 Å². The van der Waals surface area contributed by atoms with Crippen molar-refractivity contribution in [3.8, 4) is 0 Å². The van der Waals surface area contributed by atoms with Crippen LogP contribution in [0.1, 0.15) is 46.5 Å². The summed E-state index contributed by atoms with van der Waals surface area (Å²) in [5, 5.41) is 0. The summed E-state index contributed by atoms with van der Waals surface area (Å²) in [5.74, 6) is 1.39. The first-order chi connectivity index (χ1) is 11.3. The summed E-state index contributed by atoms with van der Waals surface area (Å²) in [6.07, 6.45) is 3.60. The van der Waals surface area contributed by atoms with Gasteiger partial charge in [-0.25, -0.2) is 0 Å². The predicted molar refractivity (Wildman–Crippen MR) is 90.2 cm³/mol. The van der Waals surface area contributed by atoms with Crippen molar-refractivity contribution >= 4 is 11.9 Å². The van der Waals surface area contributed by atoms with Crippen molar-refractivity contribution in [1.29, 1.82) is 0 Å². The number of hydrogen-bond acceptors (Lipinski definition) is 5. The Labute approximate surface area is 145 Å². The van der Waals surface area contributed by atoms with Crippen molar-refractivity contribution in [2.45, 2.75) is 52.5 Å². The molecule has 3 saturated carbocycles. The van der Waals surface area contributed by atoms with Gasteiger partial charge in [-0.05, 0) is 48.9 Å². The highest BCUT2D eigenvalue weighted by atomic mass is 16.5. The van der Waals surface area contributed by atoms with E-state index in [-0.39, 0.29) is 0 Å². The van der Waals surface area contributed by atoms with Crippen LogP contribution in [0.4, 0.5) is 0 Å². The second-order valence-corrected chi connectivity index (χ2v) is 8.62. The molecule has 4 aliphatic rings. The zero-order valence-corrected chi connectivity index (χ0v) is 15.6.